The van der Waals surface area contributed by atoms with Crippen molar-refractivity contribution in [3.8, 4) is 0 Å². The predicted molar refractivity (Wildman–Crippen MR) is 80.4 cm³/mol. The highest BCUT2D eigenvalue weighted by molar-refractivity contribution is 5.95. The van der Waals surface area contributed by atoms with E-state index in [0.717, 1.165) is 18.5 Å². The van der Waals surface area contributed by atoms with Gasteiger partial charge in [-0.25, -0.2) is 0 Å². The Morgan fingerprint density at radius 3 is 2.52 bits per heavy atom. The first-order valence-electron chi connectivity index (χ1n) is 7.47. The highest BCUT2D eigenvalue weighted by Crippen LogP contribution is 2.19. The SMILES string of the molecule is CCC(CC)n1ncc(C(=O)NC(C)CCC(=O)O)c1C. The molecule has 0 aliphatic rings. The lowest BCUT2D eigenvalue weighted by atomic mass is 10.1. The maximum atomic E-state index is 12.2. The van der Waals surface area contributed by atoms with Crippen LogP contribution < -0.4 is 5.32 Å². The van der Waals surface area contributed by atoms with Crippen LogP contribution in [0.2, 0.25) is 0 Å². The normalized spacial score (nSPS) is 12.4. The molecule has 0 saturated carbocycles. The first kappa shape index (κ1) is 17.2. The summed E-state index contributed by atoms with van der Waals surface area (Å²) in [5.74, 6) is -1.04. The average Bonchev–Trinajstić information content (AvgIpc) is 2.80. The third-order valence-electron chi connectivity index (χ3n) is 3.75. The molecule has 0 aromatic carbocycles. The largest absolute Gasteiger partial charge is 0.481 e. The van der Waals surface area contributed by atoms with Gasteiger partial charge in [0.15, 0.2) is 0 Å². The molecule has 1 atom stereocenters. The molecule has 21 heavy (non-hydrogen) atoms. The van der Waals surface area contributed by atoms with Crippen molar-refractivity contribution in [3.63, 3.8) is 0 Å². The van der Waals surface area contributed by atoms with Crippen LogP contribution in [0.3, 0.4) is 0 Å². The van der Waals surface area contributed by atoms with Gasteiger partial charge in [0.05, 0.1) is 17.8 Å². The van der Waals surface area contributed by atoms with E-state index in [-0.39, 0.29) is 18.4 Å². The zero-order chi connectivity index (χ0) is 16.0. The number of nitrogens with one attached hydrogen (secondary N) is 1. The van der Waals surface area contributed by atoms with E-state index in [0.29, 0.717) is 18.0 Å². The summed E-state index contributed by atoms with van der Waals surface area (Å²) < 4.78 is 1.90. The van der Waals surface area contributed by atoms with Gasteiger partial charge in [0.25, 0.3) is 5.91 Å². The van der Waals surface area contributed by atoms with Crippen LogP contribution in [0.15, 0.2) is 6.20 Å². The number of hydrogen-bond acceptors (Lipinski definition) is 3. The fourth-order valence-electron chi connectivity index (χ4n) is 2.36. The molecule has 1 aromatic heterocycles. The Kier molecular flexibility index (Phi) is 6.39. The Morgan fingerprint density at radius 1 is 1.38 bits per heavy atom. The number of aromatic nitrogens is 2. The number of hydrogen-bond donors (Lipinski definition) is 2. The highest BCUT2D eigenvalue weighted by Gasteiger charge is 2.19. The minimum absolute atomic E-state index is 0.0490. The van der Waals surface area contributed by atoms with Crippen LogP contribution in [0.1, 0.15) is 68.5 Å². The van der Waals surface area contributed by atoms with Gasteiger partial charge in [-0.15, -0.1) is 0 Å². The summed E-state index contributed by atoms with van der Waals surface area (Å²) >= 11 is 0. The number of carbonyl (C=O) groups is 2. The van der Waals surface area contributed by atoms with Gasteiger partial charge >= 0.3 is 5.97 Å². The quantitative estimate of drug-likeness (QED) is 0.772. The number of aliphatic carboxylic acids is 1. The van der Waals surface area contributed by atoms with E-state index < -0.39 is 5.97 Å². The van der Waals surface area contributed by atoms with E-state index in [4.69, 9.17) is 5.11 Å². The van der Waals surface area contributed by atoms with Crippen molar-refractivity contribution in [1.29, 1.82) is 0 Å². The third-order valence-corrected chi connectivity index (χ3v) is 3.75. The van der Waals surface area contributed by atoms with Crippen molar-refractivity contribution in [1.82, 2.24) is 15.1 Å². The van der Waals surface area contributed by atoms with Crippen molar-refractivity contribution in [3.05, 3.63) is 17.5 Å². The van der Waals surface area contributed by atoms with Crippen LogP contribution in [0.4, 0.5) is 0 Å². The molecule has 6 heteroatoms. The van der Waals surface area contributed by atoms with E-state index in [9.17, 15) is 9.59 Å². The van der Waals surface area contributed by atoms with E-state index >= 15 is 0 Å². The summed E-state index contributed by atoms with van der Waals surface area (Å²) in [6.45, 7) is 7.90. The van der Waals surface area contributed by atoms with Crippen molar-refractivity contribution in [2.45, 2.75) is 65.5 Å². The lowest BCUT2D eigenvalue weighted by molar-refractivity contribution is -0.137. The molecule has 2 N–H and O–H groups in total. The minimum Gasteiger partial charge on any atom is -0.481 e. The molecule has 0 radical (unpaired) electrons. The van der Waals surface area contributed by atoms with Gasteiger partial charge in [-0.2, -0.15) is 5.10 Å². The Balaban J connectivity index is 2.73. The molecule has 0 saturated heterocycles. The Labute approximate surface area is 125 Å². The zero-order valence-electron chi connectivity index (χ0n) is 13.2. The van der Waals surface area contributed by atoms with Crippen LogP contribution in [-0.2, 0) is 4.79 Å². The van der Waals surface area contributed by atoms with Gasteiger partial charge in [0.2, 0.25) is 0 Å². The summed E-state index contributed by atoms with van der Waals surface area (Å²) in [5.41, 5.74) is 1.41. The molecule has 1 unspecified atom stereocenters. The second-order valence-electron chi connectivity index (χ2n) is 5.37. The fraction of sp³-hybridized carbons (Fsp3) is 0.667. The molecular formula is C15H25N3O3. The third kappa shape index (κ3) is 4.58. The van der Waals surface area contributed by atoms with Crippen molar-refractivity contribution in [2.75, 3.05) is 0 Å². The molecule has 118 valence electrons. The van der Waals surface area contributed by atoms with Crippen molar-refractivity contribution < 1.29 is 14.7 Å². The molecule has 0 spiro atoms. The predicted octanol–water partition coefficient (Wildman–Crippen LogP) is 2.54. The van der Waals surface area contributed by atoms with Crippen LogP contribution in [0.25, 0.3) is 0 Å². The molecule has 0 aliphatic carbocycles. The number of carboxylic acid groups (broad SMARTS) is 1. The standard InChI is InChI=1S/C15H25N3O3/c1-5-12(6-2)18-11(4)13(9-16-18)15(21)17-10(3)7-8-14(19)20/h9-10,12H,5-8H2,1-4H3,(H,17,21)(H,19,20). The Hall–Kier alpha value is -1.85. The van der Waals surface area contributed by atoms with Crippen LogP contribution in [0.5, 0.6) is 0 Å². The topological polar surface area (TPSA) is 84.2 Å². The van der Waals surface area contributed by atoms with Gasteiger partial charge in [-0.1, -0.05) is 13.8 Å². The van der Waals surface area contributed by atoms with E-state index in [1.54, 1.807) is 6.20 Å². The van der Waals surface area contributed by atoms with Crippen molar-refractivity contribution in [2.24, 2.45) is 0 Å². The van der Waals surface area contributed by atoms with Gasteiger partial charge in [-0.05, 0) is 33.1 Å². The number of nitrogens with zero attached hydrogens (tertiary/aromatic N) is 2. The van der Waals surface area contributed by atoms with Crippen LogP contribution in [-0.4, -0.2) is 32.8 Å². The first-order chi connectivity index (χ1) is 9.90. The maximum absolute atomic E-state index is 12.2. The van der Waals surface area contributed by atoms with E-state index in [1.807, 2.05) is 18.5 Å². The summed E-state index contributed by atoms with van der Waals surface area (Å²) in [6, 6.07) is 0.125. The highest BCUT2D eigenvalue weighted by atomic mass is 16.4. The molecule has 0 aliphatic heterocycles. The number of amides is 1. The minimum atomic E-state index is -0.853. The number of rotatable bonds is 8. The molecule has 0 fully saturated rings. The summed E-state index contributed by atoms with van der Waals surface area (Å²) in [7, 11) is 0. The Morgan fingerprint density at radius 2 is 2.00 bits per heavy atom. The zero-order valence-corrected chi connectivity index (χ0v) is 13.2. The first-order valence-corrected chi connectivity index (χ1v) is 7.47. The molecule has 1 heterocycles. The molecule has 1 rings (SSSR count). The van der Waals surface area contributed by atoms with Gasteiger partial charge in [0, 0.05) is 18.2 Å². The average molecular weight is 295 g/mol. The number of carbonyl (C=O) groups excluding carboxylic acids is 1. The molecule has 0 bridgehead atoms. The Bertz CT molecular complexity index is 492. The van der Waals surface area contributed by atoms with Gasteiger partial charge in [0.1, 0.15) is 0 Å². The fourth-order valence-corrected chi connectivity index (χ4v) is 2.36. The molecule has 1 amide bonds. The van der Waals surface area contributed by atoms with E-state index in [2.05, 4.69) is 24.3 Å². The molecule has 1 aromatic rings. The molecule has 6 nitrogen and oxygen atoms in total. The van der Waals surface area contributed by atoms with Crippen molar-refractivity contribution >= 4 is 11.9 Å². The second-order valence-corrected chi connectivity index (χ2v) is 5.37. The smallest absolute Gasteiger partial charge is 0.303 e. The summed E-state index contributed by atoms with van der Waals surface area (Å²) in [5, 5.41) is 15.8. The lowest BCUT2D eigenvalue weighted by Gasteiger charge is -2.16. The maximum Gasteiger partial charge on any atom is 0.303 e. The van der Waals surface area contributed by atoms with Crippen LogP contribution >= 0.6 is 0 Å². The number of carboxylic acids is 1. The van der Waals surface area contributed by atoms with Crippen LogP contribution in [0, 0.1) is 6.92 Å². The molecular weight excluding hydrogens is 270 g/mol. The summed E-state index contributed by atoms with van der Waals surface area (Å²) in [4.78, 5) is 22.8. The monoisotopic (exact) mass is 295 g/mol. The second kappa shape index (κ2) is 7.81. The lowest BCUT2D eigenvalue weighted by Crippen LogP contribution is -2.33. The summed E-state index contributed by atoms with van der Waals surface area (Å²) in [6.07, 6.45) is 3.99. The van der Waals surface area contributed by atoms with Gasteiger partial charge in [-0.3, -0.25) is 14.3 Å². The van der Waals surface area contributed by atoms with Gasteiger partial charge < -0.3 is 10.4 Å². The van der Waals surface area contributed by atoms with E-state index in [1.165, 1.54) is 0 Å².